The molecule has 2 rings (SSSR count). The van der Waals surface area contributed by atoms with Gasteiger partial charge in [0.25, 0.3) is 5.91 Å². The molecule has 1 N–H and O–H groups in total. The summed E-state index contributed by atoms with van der Waals surface area (Å²) in [6.07, 6.45) is 3.08. The summed E-state index contributed by atoms with van der Waals surface area (Å²) < 4.78 is 11.5. The van der Waals surface area contributed by atoms with Gasteiger partial charge in [-0.1, -0.05) is 36.4 Å². The number of aryl methyl sites for hydroxylation is 1. The van der Waals surface area contributed by atoms with Crippen LogP contribution in [-0.4, -0.2) is 19.6 Å². The van der Waals surface area contributed by atoms with Crippen LogP contribution in [0.25, 0.3) is 6.08 Å². The monoisotopic (exact) mass is 460 g/mol. The Morgan fingerprint density at radius 3 is 2.79 bits per heavy atom. The molecule has 0 aliphatic rings. The summed E-state index contributed by atoms with van der Waals surface area (Å²) in [4.78, 5) is 12.6. The van der Waals surface area contributed by atoms with Crippen LogP contribution in [0.1, 0.15) is 11.1 Å². The second kappa shape index (κ2) is 9.98. The predicted octanol–water partition coefficient (Wildman–Crippen LogP) is 5.53. The van der Waals surface area contributed by atoms with Crippen LogP contribution >= 0.6 is 27.5 Å². The highest BCUT2D eigenvalue weighted by atomic mass is 79.9. The molecule has 0 saturated heterocycles. The van der Waals surface area contributed by atoms with E-state index in [2.05, 4.69) is 27.8 Å². The maximum atomic E-state index is 12.6. The van der Waals surface area contributed by atoms with Gasteiger partial charge in [0.15, 0.2) is 11.5 Å². The van der Waals surface area contributed by atoms with Gasteiger partial charge in [0.2, 0.25) is 0 Å². The van der Waals surface area contributed by atoms with E-state index in [1.807, 2.05) is 19.1 Å². The average molecular weight is 462 g/mol. The van der Waals surface area contributed by atoms with E-state index < -0.39 is 5.91 Å². The lowest BCUT2D eigenvalue weighted by Crippen LogP contribution is -2.14. The van der Waals surface area contributed by atoms with Crippen LogP contribution in [0, 0.1) is 18.3 Å². The minimum absolute atomic E-state index is 0.0759. The molecule has 2 aromatic rings. The first-order chi connectivity index (χ1) is 13.4. The van der Waals surface area contributed by atoms with Crippen molar-refractivity contribution in [2.24, 2.45) is 0 Å². The van der Waals surface area contributed by atoms with Gasteiger partial charge >= 0.3 is 0 Å². The number of ether oxygens (including phenoxy) is 2. The number of carbonyl (C=O) groups is 1. The molecule has 0 spiro atoms. The molecule has 0 aliphatic carbocycles. The second-order valence-electron chi connectivity index (χ2n) is 5.69. The van der Waals surface area contributed by atoms with E-state index in [9.17, 15) is 10.1 Å². The van der Waals surface area contributed by atoms with E-state index in [0.717, 1.165) is 5.56 Å². The molecule has 0 heterocycles. The fourth-order valence-electron chi connectivity index (χ4n) is 2.39. The van der Waals surface area contributed by atoms with Gasteiger partial charge in [0.1, 0.15) is 18.2 Å². The quantitative estimate of drug-likeness (QED) is 0.334. The lowest BCUT2D eigenvalue weighted by atomic mass is 10.1. The molecule has 0 radical (unpaired) electrons. The number of nitriles is 1. The number of carbonyl (C=O) groups excluding carboxylic acids is 1. The van der Waals surface area contributed by atoms with Crippen molar-refractivity contribution in [3.05, 3.63) is 69.2 Å². The molecule has 1 amide bonds. The Kier molecular flexibility index (Phi) is 7.68. The first-order valence-electron chi connectivity index (χ1n) is 8.20. The maximum absolute atomic E-state index is 12.6. The Balaban J connectivity index is 2.36. The molecule has 2 aromatic carbocycles. The van der Waals surface area contributed by atoms with Gasteiger partial charge in [-0.05, 0) is 58.3 Å². The number of hydrogen-bond donors (Lipinski definition) is 1. The van der Waals surface area contributed by atoms with Gasteiger partial charge in [-0.3, -0.25) is 4.79 Å². The van der Waals surface area contributed by atoms with Crippen molar-refractivity contribution in [2.75, 3.05) is 19.0 Å². The average Bonchev–Trinajstić information content (AvgIpc) is 2.67. The number of halogens is 2. The highest BCUT2D eigenvalue weighted by Crippen LogP contribution is 2.37. The van der Waals surface area contributed by atoms with Crippen molar-refractivity contribution >= 4 is 45.2 Å². The van der Waals surface area contributed by atoms with Crippen LogP contribution < -0.4 is 14.8 Å². The Bertz CT molecular complexity index is 960. The molecular weight excluding hydrogens is 444 g/mol. The normalized spacial score (nSPS) is 10.8. The van der Waals surface area contributed by atoms with Gasteiger partial charge in [-0.25, -0.2) is 0 Å². The lowest BCUT2D eigenvalue weighted by molar-refractivity contribution is -0.112. The number of hydrogen-bond acceptors (Lipinski definition) is 4. The number of nitrogens with zero attached hydrogens (tertiary/aromatic N) is 1. The molecule has 5 nitrogen and oxygen atoms in total. The van der Waals surface area contributed by atoms with E-state index in [1.165, 1.54) is 13.2 Å². The van der Waals surface area contributed by atoms with Crippen LogP contribution in [0.2, 0.25) is 5.02 Å². The third kappa shape index (κ3) is 5.16. The highest BCUT2D eigenvalue weighted by Gasteiger charge is 2.15. The summed E-state index contributed by atoms with van der Waals surface area (Å²) in [5, 5.41) is 12.5. The van der Waals surface area contributed by atoms with E-state index in [0.29, 0.717) is 38.9 Å². The Hall–Kier alpha value is -2.75. The number of amides is 1. The Labute approximate surface area is 177 Å². The summed E-state index contributed by atoms with van der Waals surface area (Å²) in [5.41, 5.74) is 1.79. The SMILES string of the molecule is C=CCOc1c(Br)cc(/C=C(\C#N)C(=O)Nc2c(C)cccc2Cl)cc1OC. The molecule has 7 heteroatoms. The maximum Gasteiger partial charge on any atom is 0.266 e. The predicted molar refractivity (Wildman–Crippen MR) is 115 cm³/mol. The first kappa shape index (κ1) is 21.5. The van der Waals surface area contributed by atoms with Gasteiger partial charge in [0.05, 0.1) is 22.3 Å². The fraction of sp³-hybridized carbons (Fsp3) is 0.143. The zero-order valence-electron chi connectivity index (χ0n) is 15.4. The topological polar surface area (TPSA) is 71.3 Å². The Morgan fingerprint density at radius 1 is 1.43 bits per heavy atom. The highest BCUT2D eigenvalue weighted by molar-refractivity contribution is 9.10. The summed E-state index contributed by atoms with van der Waals surface area (Å²) >= 11 is 9.56. The lowest BCUT2D eigenvalue weighted by Gasteiger charge is -2.13. The third-order valence-electron chi connectivity index (χ3n) is 3.73. The Morgan fingerprint density at radius 2 is 2.18 bits per heavy atom. The van der Waals surface area contributed by atoms with Gasteiger partial charge in [-0.15, -0.1) is 0 Å². The third-order valence-corrected chi connectivity index (χ3v) is 4.64. The summed E-state index contributed by atoms with van der Waals surface area (Å²) in [5.74, 6) is 0.414. The van der Waals surface area contributed by atoms with E-state index in [4.69, 9.17) is 21.1 Å². The van der Waals surface area contributed by atoms with Gasteiger partial charge in [0, 0.05) is 0 Å². The van der Waals surface area contributed by atoms with Crippen molar-refractivity contribution in [1.29, 1.82) is 5.26 Å². The largest absolute Gasteiger partial charge is 0.493 e. The van der Waals surface area contributed by atoms with Crippen molar-refractivity contribution in [2.45, 2.75) is 6.92 Å². The zero-order chi connectivity index (χ0) is 20.7. The van der Waals surface area contributed by atoms with Crippen LogP contribution in [0.4, 0.5) is 5.69 Å². The van der Waals surface area contributed by atoms with Crippen molar-refractivity contribution in [1.82, 2.24) is 0 Å². The number of methoxy groups -OCH3 is 1. The second-order valence-corrected chi connectivity index (χ2v) is 6.95. The van der Waals surface area contributed by atoms with Crippen molar-refractivity contribution in [3.8, 4) is 17.6 Å². The van der Waals surface area contributed by atoms with Crippen LogP contribution in [0.15, 0.2) is 53.0 Å². The molecule has 0 fully saturated rings. The molecule has 0 aliphatic heterocycles. The molecule has 0 unspecified atom stereocenters. The van der Waals surface area contributed by atoms with Crippen molar-refractivity contribution in [3.63, 3.8) is 0 Å². The van der Waals surface area contributed by atoms with E-state index in [1.54, 1.807) is 30.3 Å². The van der Waals surface area contributed by atoms with Crippen LogP contribution in [-0.2, 0) is 4.79 Å². The summed E-state index contributed by atoms with van der Waals surface area (Å²) in [7, 11) is 1.51. The summed E-state index contributed by atoms with van der Waals surface area (Å²) in [6, 6.07) is 10.6. The minimum atomic E-state index is -0.555. The molecule has 0 bridgehead atoms. The zero-order valence-corrected chi connectivity index (χ0v) is 17.7. The summed E-state index contributed by atoms with van der Waals surface area (Å²) in [6.45, 7) is 5.75. The van der Waals surface area contributed by atoms with Crippen molar-refractivity contribution < 1.29 is 14.3 Å². The van der Waals surface area contributed by atoms with Crippen LogP contribution in [0.3, 0.4) is 0 Å². The van der Waals surface area contributed by atoms with Gasteiger partial charge in [-0.2, -0.15) is 5.26 Å². The molecule has 0 saturated carbocycles. The van der Waals surface area contributed by atoms with Crippen LogP contribution in [0.5, 0.6) is 11.5 Å². The van der Waals surface area contributed by atoms with E-state index in [-0.39, 0.29) is 5.57 Å². The molecule has 28 heavy (non-hydrogen) atoms. The number of anilines is 1. The smallest absolute Gasteiger partial charge is 0.266 e. The minimum Gasteiger partial charge on any atom is -0.493 e. The molecule has 0 atom stereocenters. The number of benzene rings is 2. The van der Waals surface area contributed by atoms with E-state index >= 15 is 0 Å². The molecule has 0 aromatic heterocycles. The fourth-order valence-corrected chi connectivity index (χ4v) is 3.24. The standard InChI is InChI=1S/C21H18BrClN2O3/c1-4-8-28-20-16(22)10-14(11-18(20)27-3)9-15(12-24)21(26)25-19-13(2)6-5-7-17(19)23/h4-7,9-11H,1,8H2,2-3H3,(H,25,26)/b15-9+. The van der Waals surface area contributed by atoms with Gasteiger partial charge < -0.3 is 14.8 Å². The number of para-hydroxylation sites is 1. The first-order valence-corrected chi connectivity index (χ1v) is 9.37. The molecular formula is C21H18BrClN2O3. The number of nitrogens with one attached hydrogen (secondary N) is 1. The number of rotatable bonds is 7. The molecule has 144 valence electrons.